The van der Waals surface area contributed by atoms with E-state index in [9.17, 15) is 13.2 Å². The van der Waals surface area contributed by atoms with E-state index in [1.54, 1.807) is 0 Å². The van der Waals surface area contributed by atoms with Gasteiger partial charge in [0.05, 0.1) is 5.56 Å². The Balaban J connectivity index is 2.18. The summed E-state index contributed by atoms with van der Waals surface area (Å²) in [5.74, 6) is 0.579. The van der Waals surface area contributed by atoms with Crippen LogP contribution in [-0.2, 0) is 6.18 Å². The van der Waals surface area contributed by atoms with Crippen LogP contribution in [0.1, 0.15) is 38.2 Å². The fourth-order valence-electron chi connectivity index (χ4n) is 2.49. The minimum absolute atomic E-state index is 0.0170. The van der Waals surface area contributed by atoms with E-state index >= 15 is 0 Å². The summed E-state index contributed by atoms with van der Waals surface area (Å²) in [6.45, 7) is 2.07. The van der Waals surface area contributed by atoms with Crippen molar-refractivity contribution in [3.05, 3.63) is 23.8 Å². The lowest BCUT2D eigenvalue weighted by Gasteiger charge is -2.29. The lowest BCUT2D eigenvalue weighted by atomic mass is 9.88. The SMILES string of the molecule is CC1CCCCC1Oc1cc(N)cc(C(F)(F)F)c1. The number of hydrogen-bond donors (Lipinski definition) is 1. The maximum absolute atomic E-state index is 12.7. The second-order valence-corrected chi connectivity index (χ2v) is 5.21. The summed E-state index contributed by atoms with van der Waals surface area (Å²) in [5, 5.41) is 0. The minimum Gasteiger partial charge on any atom is -0.490 e. The first-order chi connectivity index (χ1) is 8.86. The van der Waals surface area contributed by atoms with Crippen LogP contribution in [0.4, 0.5) is 18.9 Å². The van der Waals surface area contributed by atoms with Gasteiger partial charge in [-0.05, 0) is 37.3 Å². The summed E-state index contributed by atoms with van der Waals surface area (Å²) in [6, 6.07) is 3.41. The second kappa shape index (κ2) is 5.31. The molecule has 1 aliphatic carbocycles. The Morgan fingerprint density at radius 2 is 1.84 bits per heavy atom. The van der Waals surface area contributed by atoms with E-state index in [4.69, 9.17) is 10.5 Å². The third-order valence-electron chi connectivity index (χ3n) is 3.58. The summed E-state index contributed by atoms with van der Waals surface area (Å²) >= 11 is 0. The number of ether oxygens (including phenoxy) is 1. The predicted molar refractivity (Wildman–Crippen MR) is 67.9 cm³/mol. The number of anilines is 1. The fraction of sp³-hybridized carbons (Fsp3) is 0.571. The first kappa shape index (κ1) is 14.0. The van der Waals surface area contributed by atoms with Crippen molar-refractivity contribution in [1.29, 1.82) is 0 Å². The van der Waals surface area contributed by atoms with Crippen LogP contribution in [0.25, 0.3) is 0 Å². The van der Waals surface area contributed by atoms with Gasteiger partial charge in [0.2, 0.25) is 0 Å². The highest BCUT2D eigenvalue weighted by Gasteiger charge is 2.32. The summed E-state index contributed by atoms with van der Waals surface area (Å²) in [6.07, 6.45) is -0.256. The molecule has 0 aliphatic heterocycles. The molecule has 0 amide bonds. The van der Waals surface area contributed by atoms with Gasteiger partial charge in [0, 0.05) is 11.8 Å². The third kappa shape index (κ3) is 3.55. The molecule has 106 valence electrons. The van der Waals surface area contributed by atoms with Gasteiger partial charge in [0.1, 0.15) is 11.9 Å². The Kier molecular flexibility index (Phi) is 3.92. The number of rotatable bonds is 2. The Hall–Kier alpha value is -1.39. The number of hydrogen-bond acceptors (Lipinski definition) is 2. The van der Waals surface area contributed by atoms with Gasteiger partial charge in [0.25, 0.3) is 0 Å². The van der Waals surface area contributed by atoms with Gasteiger partial charge in [-0.3, -0.25) is 0 Å². The van der Waals surface area contributed by atoms with Crippen LogP contribution in [-0.4, -0.2) is 6.10 Å². The summed E-state index contributed by atoms with van der Waals surface area (Å²) < 4.78 is 43.8. The minimum atomic E-state index is -4.40. The molecule has 1 fully saturated rings. The highest BCUT2D eigenvalue weighted by Crippen LogP contribution is 2.35. The van der Waals surface area contributed by atoms with E-state index in [1.807, 2.05) is 0 Å². The lowest BCUT2D eigenvalue weighted by Crippen LogP contribution is -2.28. The van der Waals surface area contributed by atoms with E-state index < -0.39 is 11.7 Å². The first-order valence-corrected chi connectivity index (χ1v) is 6.50. The molecule has 2 nitrogen and oxygen atoms in total. The monoisotopic (exact) mass is 273 g/mol. The van der Waals surface area contributed by atoms with Crippen LogP contribution in [0, 0.1) is 5.92 Å². The zero-order valence-electron chi connectivity index (χ0n) is 10.8. The van der Waals surface area contributed by atoms with E-state index in [0.29, 0.717) is 5.92 Å². The van der Waals surface area contributed by atoms with Crippen molar-refractivity contribution in [1.82, 2.24) is 0 Å². The molecule has 2 atom stereocenters. The number of alkyl halides is 3. The molecule has 0 heterocycles. The third-order valence-corrected chi connectivity index (χ3v) is 3.58. The van der Waals surface area contributed by atoms with Crippen LogP contribution in [0.15, 0.2) is 18.2 Å². The topological polar surface area (TPSA) is 35.2 Å². The maximum Gasteiger partial charge on any atom is 0.416 e. The van der Waals surface area contributed by atoms with Crippen LogP contribution in [0.5, 0.6) is 5.75 Å². The van der Waals surface area contributed by atoms with E-state index in [0.717, 1.165) is 37.8 Å². The zero-order valence-corrected chi connectivity index (χ0v) is 10.8. The van der Waals surface area contributed by atoms with Gasteiger partial charge < -0.3 is 10.5 Å². The molecule has 1 aliphatic rings. The average molecular weight is 273 g/mol. The molecule has 2 rings (SSSR count). The molecule has 1 saturated carbocycles. The predicted octanol–water partition coefficient (Wildman–Crippen LogP) is 4.25. The molecule has 1 aromatic rings. The fourth-order valence-corrected chi connectivity index (χ4v) is 2.49. The molecule has 19 heavy (non-hydrogen) atoms. The molecule has 5 heteroatoms. The zero-order chi connectivity index (χ0) is 14.0. The highest BCUT2D eigenvalue weighted by molar-refractivity contribution is 5.48. The molecule has 2 N–H and O–H groups in total. The number of benzene rings is 1. The number of halogens is 3. The Morgan fingerprint density at radius 1 is 1.16 bits per heavy atom. The number of nitrogen functional groups attached to an aromatic ring is 1. The van der Waals surface area contributed by atoms with Crippen LogP contribution >= 0.6 is 0 Å². The summed E-state index contributed by atoms with van der Waals surface area (Å²) in [7, 11) is 0. The Morgan fingerprint density at radius 3 is 2.47 bits per heavy atom. The van der Waals surface area contributed by atoms with Crippen molar-refractivity contribution >= 4 is 5.69 Å². The van der Waals surface area contributed by atoms with Crippen LogP contribution < -0.4 is 10.5 Å². The molecule has 2 unspecified atom stereocenters. The van der Waals surface area contributed by atoms with Gasteiger partial charge in [-0.15, -0.1) is 0 Å². The van der Waals surface area contributed by atoms with Crippen LogP contribution in [0.2, 0.25) is 0 Å². The molecule has 0 aromatic heterocycles. The van der Waals surface area contributed by atoms with E-state index in [-0.39, 0.29) is 17.5 Å². The van der Waals surface area contributed by atoms with Crippen molar-refractivity contribution in [2.75, 3.05) is 5.73 Å². The van der Waals surface area contributed by atoms with Gasteiger partial charge in [-0.1, -0.05) is 13.3 Å². The van der Waals surface area contributed by atoms with Crippen molar-refractivity contribution < 1.29 is 17.9 Å². The van der Waals surface area contributed by atoms with Crippen LogP contribution in [0.3, 0.4) is 0 Å². The Bertz CT molecular complexity index is 445. The highest BCUT2D eigenvalue weighted by atomic mass is 19.4. The molecule has 1 aromatic carbocycles. The van der Waals surface area contributed by atoms with Gasteiger partial charge in [0.15, 0.2) is 0 Å². The standard InChI is InChI=1S/C14H18F3NO/c1-9-4-2-3-5-13(9)19-12-7-10(14(15,16)17)6-11(18)8-12/h6-9,13H,2-5,18H2,1H3. The first-order valence-electron chi connectivity index (χ1n) is 6.50. The molecule has 0 spiro atoms. The summed E-state index contributed by atoms with van der Waals surface area (Å²) in [4.78, 5) is 0. The second-order valence-electron chi connectivity index (χ2n) is 5.21. The molecular weight excluding hydrogens is 255 g/mol. The number of nitrogens with two attached hydrogens (primary N) is 1. The lowest BCUT2D eigenvalue weighted by molar-refractivity contribution is -0.137. The van der Waals surface area contributed by atoms with E-state index in [1.165, 1.54) is 6.07 Å². The van der Waals surface area contributed by atoms with Crippen molar-refractivity contribution in [3.8, 4) is 5.75 Å². The van der Waals surface area contributed by atoms with E-state index in [2.05, 4.69) is 6.92 Å². The molecule has 0 radical (unpaired) electrons. The van der Waals surface area contributed by atoms with Crippen molar-refractivity contribution in [2.24, 2.45) is 5.92 Å². The normalized spacial score (nSPS) is 24.2. The van der Waals surface area contributed by atoms with Gasteiger partial charge in [-0.2, -0.15) is 13.2 Å². The van der Waals surface area contributed by atoms with Gasteiger partial charge >= 0.3 is 6.18 Å². The molecule has 0 saturated heterocycles. The molecular formula is C14H18F3NO. The average Bonchev–Trinajstić information content (AvgIpc) is 2.30. The molecule has 0 bridgehead atoms. The maximum atomic E-state index is 12.7. The Labute approximate surface area is 110 Å². The van der Waals surface area contributed by atoms with Crippen molar-refractivity contribution in [3.63, 3.8) is 0 Å². The quantitative estimate of drug-likeness (QED) is 0.818. The van der Waals surface area contributed by atoms with Gasteiger partial charge in [-0.25, -0.2) is 0 Å². The summed E-state index contributed by atoms with van der Waals surface area (Å²) in [5.41, 5.74) is 4.83. The smallest absolute Gasteiger partial charge is 0.416 e. The largest absolute Gasteiger partial charge is 0.490 e. The van der Waals surface area contributed by atoms with Crippen molar-refractivity contribution in [2.45, 2.75) is 44.9 Å².